The lowest BCUT2D eigenvalue weighted by molar-refractivity contribution is -0.226. The molecule has 2 aliphatic heterocycles. The van der Waals surface area contributed by atoms with Crippen molar-refractivity contribution in [2.75, 3.05) is 24.7 Å². The lowest BCUT2D eigenvalue weighted by atomic mass is 9.93. The van der Waals surface area contributed by atoms with Crippen molar-refractivity contribution < 1.29 is 13.7 Å². The molecule has 0 radical (unpaired) electrons. The largest absolute Gasteiger partial charge is 0.348 e. The summed E-state index contributed by atoms with van der Waals surface area (Å²) >= 11 is 0. The normalized spacial score (nSPS) is 38.2. The Morgan fingerprint density at radius 1 is 1.12 bits per heavy atom. The zero-order valence-electron chi connectivity index (χ0n) is 8.93. The van der Waals surface area contributed by atoms with E-state index in [0.29, 0.717) is 13.2 Å². The molecule has 1 spiro atoms. The molecule has 0 unspecified atom stereocenters. The zero-order chi connectivity index (χ0) is 11.0. The fourth-order valence-electron chi connectivity index (χ4n) is 2.20. The van der Waals surface area contributed by atoms with Gasteiger partial charge in [-0.1, -0.05) is 30.3 Å². The number of rotatable bonds is 1. The van der Waals surface area contributed by atoms with Gasteiger partial charge in [-0.3, -0.25) is 4.21 Å². The molecule has 1 aromatic rings. The van der Waals surface area contributed by atoms with Crippen LogP contribution in [-0.4, -0.2) is 28.9 Å². The van der Waals surface area contributed by atoms with Gasteiger partial charge in [-0.25, -0.2) is 0 Å². The van der Waals surface area contributed by atoms with Crippen LogP contribution in [-0.2, 0) is 20.3 Å². The summed E-state index contributed by atoms with van der Waals surface area (Å²) in [4.78, 5) is 0. The van der Waals surface area contributed by atoms with Crippen molar-refractivity contribution >= 4 is 10.8 Å². The summed E-state index contributed by atoms with van der Waals surface area (Å²) in [7, 11) is -0.645. The van der Waals surface area contributed by atoms with Crippen molar-refractivity contribution in [3.05, 3.63) is 35.9 Å². The number of benzene rings is 1. The quantitative estimate of drug-likeness (QED) is 0.743. The number of ether oxygens (including phenoxy) is 2. The third-order valence-corrected chi connectivity index (χ3v) is 4.96. The van der Waals surface area contributed by atoms with Crippen LogP contribution in [0.4, 0.5) is 0 Å². The van der Waals surface area contributed by atoms with E-state index in [1.54, 1.807) is 0 Å². The van der Waals surface area contributed by atoms with Gasteiger partial charge in [0.2, 0.25) is 0 Å². The Morgan fingerprint density at radius 2 is 1.75 bits per heavy atom. The molecule has 0 saturated carbocycles. The predicted octanol–water partition coefficient (Wildman–Crippen LogP) is 1.48. The Balaban J connectivity index is 1.65. The van der Waals surface area contributed by atoms with Gasteiger partial charge in [0.15, 0.2) is 6.29 Å². The van der Waals surface area contributed by atoms with Crippen LogP contribution < -0.4 is 0 Å². The number of hydrogen-bond donors (Lipinski definition) is 0. The van der Waals surface area contributed by atoms with Gasteiger partial charge in [-0.05, 0) is 0 Å². The maximum absolute atomic E-state index is 11.1. The maximum atomic E-state index is 11.1. The summed E-state index contributed by atoms with van der Waals surface area (Å²) in [5.74, 6) is 1.46. The highest BCUT2D eigenvalue weighted by Crippen LogP contribution is 2.38. The minimum Gasteiger partial charge on any atom is -0.348 e. The number of hydrogen-bond acceptors (Lipinski definition) is 3. The van der Waals surface area contributed by atoms with E-state index in [-0.39, 0.29) is 11.7 Å². The molecule has 0 atom stereocenters. The second-order valence-corrected chi connectivity index (χ2v) is 6.05. The molecule has 2 saturated heterocycles. The molecule has 0 aromatic heterocycles. The second-order valence-electron chi connectivity index (χ2n) is 4.59. The third kappa shape index (κ3) is 1.81. The first-order chi connectivity index (χ1) is 7.77. The van der Waals surface area contributed by atoms with Gasteiger partial charge in [0, 0.05) is 33.3 Å². The molecular formula is C12H14O3S. The highest BCUT2D eigenvalue weighted by atomic mass is 32.2. The molecule has 1 aromatic carbocycles. The molecule has 3 nitrogen and oxygen atoms in total. The molecule has 2 fully saturated rings. The summed E-state index contributed by atoms with van der Waals surface area (Å²) in [6.45, 7) is 1.33. The molecule has 0 N–H and O–H groups in total. The van der Waals surface area contributed by atoms with Crippen molar-refractivity contribution in [1.29, 1.82) is 0 Å². The van der Waals surface area contributed by atoms with E-state index in [0.717, 1.165) is 17.1 Å². The minimum absolute atomic E-state index is 0.0378. The monoisotopic (exact) mass is 238 g/mol. The fraction of sp³-hybridized carbons (Fsp3) is 0.500. The van der Waals surface area contributed by atoms with E-state index < -0.39 is 10.8 Å². The first-order valence-electron chi connectivity index (χ1n) is 5.41. The Kier molecular flexibility index (Phi) is 2.58. The summed E-state index contributed by atoms with van der Waals surface area (Å²) in [6.07, 6.45) is -0.249. The second kappa shape index (κ2) is 3.95. The Hall–Kier alpha value is -0.710. The van der Waals surface area contributed by atoms with E-state index in [1.807, 2.05) is 30.3 Å². The van der Waals surface area contributed by atoms with Crippen molar-refractivity contribution in [1.82, 2.24) is 0 Å². The third-order valence-electron chi connectivity index (χ3n) is 3.09. The molecule has 2 aliphatic rings. The van der Waals surface area contributed by atoms with Crippen LogP contribution in [0.5, 0.6) is 0 Å². The van der Waals surface area contributed by atoms with Gasteiger partial charge in [0.1, 0.15) is 0 Å². The Morgan fingerprint density at radius 3 is 2.31 bits per heavy atom. The first kappa shape index (κ1) is 10.4. The average Bonchev–Trinajstić information content (AvgIpc) is 2.29. The summed E-state index contributed by atoms with van der Waals surface area (Å²) in [5, 5.41) is 0. The average molecular weight is 238 g/mol. The molecule has 16 heavy (non-hydrogen) atoms. The van der Waals surface area contributed by atoms with Gasteiger partial charge in [0.05, 0.1) is 13.2 Å². The van der Waals surface area contributed by atoms with Gasteiger partial charge in [-0.2, -0.15) is 0 Å². The van der Waals surface area contributed by atoms with Gasteiger partial charge >= 0.3 is 0 Å². The molecule has 3 rings (SSSR count). The van der Waals surface area contributed by atoms with Crippen molar-refractivity contribution in [3.63, 3.8) is 0 Å². The molecule has 2 heterocycles. The van der Waals surface area contributed by atoms with Gasteiger partial charge in [-0.15, -0.1) is 0 Å². The SMILES string of the molecule is O=S1CC2(COC(c3ccccc3)OC2)C1. The lowest BCUT2D eigenvalue weighted by Gasteiger charge is -2.45. The van der Waals surface area contributed by atoms with E-state index in [1.165, 1.54) is 0 Å². The first-order valence-corrected chi connectivity index (χ1v) is 6.89. The van der Waals surface area contributed by atoms with Gasteiger partial charge < -0.3 is 9.47 Å². The summed E-state index contributed by atoms with van der Waals surface area (Å²) in [6, 6.07) is 9.93. The maximum Gasteiger partial charge on any atom is 0.183 e. The summed E-state index contributed by atoms with van der Waals surface area (Å²) < 4.78 is 22.6. The van der Waals surface area contributed by atoms with E-state index in [2.05, 4.69) is 0 Å². The van der Waals surface area contributed by atoms with Crippen molar-refractivity contribution in [2.24, 2.45) is 5.41 Å². The Labute approximate surface area is 97.2 Å². The van der Waals surface area contributed by atoms with Crippen LogP contribution >= 0.6 is 0 Å². The van der Waals surface area contributed by atoms with Crippen LogP contribution in [0.3, 0.4) is 0 Å². The van der Waals surface area contributed by atoms with Crippen molar-refractivity contribution in [2.45, 2.75) is 6.29 Å². The predicted molar refractivity (Wildman–Crippen MR) is 61.4 cm³/mol. The van der Waals surface area contributed by atoms with E-state index >= 15 is 0 Å². The van der Waals surface area contributed by atoms with Crippen molar-refractivity contribution in [3.8, 4) is 0 Å². The van der Waals surface area contributed by atoms with Crippen LogP contribution in [0.1, 0.15) is 11.9 Å². The molecular weight excluding hydrogens is 224 g/mol. The molecule has 86 valence electrons. The lowest BCUT2D eigenvalue weighted by Crippen LogP contribution is -2.54. The topological polar surface area (TPSA) is 35.5 Å². The van der Waals surface area contributed by atoms with Crippen LogP contribution in [0.15, 0.2) is 30.3 Å². The molecule has 4 heteroatoms. The Bertz CT molecular complexity index is 386. The zero-order valence-corrected chi connectivity index (χ0v) is 9.74. The van der Waals surface area contributed by atoms with E-state index in [4.69, 9.17) is 9.47 Å². The standard InChI is InChI=1S/C12H14O3S/c13-16-8-12(9-16)6-14-11(15-7-12)10-4-2-1-3-5-10/h1-5,11H,6-9H2. The highest BCUT2D eigenvalue weighted by Gasteiger charge is 2.46. The highest BCUT2D eigenvalue weighted by molar-refractivity contribution is 7.86. The van der Waals surface area contributed by atoms with Crippen LogP contribution in [0.25, 0.3) is 0 Å². The summed E-state index contributed by atoms with van der Waals surface area (Å²) in [5.41, 5.74) is 1.09. The smallest absolute Gasteiger partial charge is 0.183 e. The molecule has 0 amide bonds. The fourth-order valence-corrected chi connectivity index (χ4v) is 3.82. The van der Waals surface area contributed by atoms with Crippen LogP contribution in [0.2, 0.25) is 0 Å². The van der Waals surface area contributed by atoms with Crippen LogP contribution in [0, 0.1) is 5.41 Å². The minimum atomic E-state index is -0.645. The van der Waals surface area contributed by atoms with E-state index in [9.17, 15) is 4.21 Å². The molecule has 0 aliphatic carbocycles. The molecule has 0 bridgehead atoms. The van der Waals surface area contributed by atoms with Gasteiger partial charge in [0.25, 0.3) is 0 Å².